The van der Waals surface area contributed by atoms with Crippen LogP contribution in [-0.4, -0.2) is 34.8 Å². The fourth-order valence-corrected chi connectivity index (χ4v) is 2.02. The van der Waals surface area contributed by atoms with E-state index in [1.807, 2.05) is 6.92 Å². The molecule has 1 aromatic rings. The lowest BCUT2D eigenvalue weighted by Crippen LogP contribution is -2.39. The van der Waals surface area contributed by atoms with E-state index in [0.717, 1.165) is 12.8 Å². The van der Waals surface area contributed by atoms with Crippen LogP contribution >= 0.6 is 23.2 Å². The Bertz CT molecular complexity index is 460. The SMILES string of the molecule is CCCCN(CC(N)=O)C(=O)c1cc(Cl)nc(Cl)c1. The average molecular weight is 304 g/mol. The molecule has 0 saturated carbocycles. The topological polar surface area (TPSA) is 76.3 Å². The van der Waals surface area contributed by atoms with Gasteiger partial charge in [0.15, 0.2) is 0 Å². The summed E-state index contributed by atoms with van der Waals surface area (Å²) in [5.74, 6) is -0.894. The Morgan fingerprint density at radius 3 is 2.37 bits per heavy atom. The number of amides is 2. The molecule has 0 saturated heterocycles. The highest BCUT2D eigenvalue weighted by molar-refractivity contribution is 6.33. The van der Waals surface area contributed by atoms with Crippen molar-refractivity contribution in [2.24, 2.45) is 5.73 Å². The lowest BCUT2D eigenvalue weighted by molar-refractivity contribution is -0.118. The maximum atomic E-state index is 12.3. The van der Waals surface area contributed by atoms with Crippen LogP contribution in [0.4, 0.5) is 0 Å². The van der Waals surface area contributed by atoms with E-state index in [1.54, 1.807) is 0 Å². The summed E-state index contributed by atoms with van der Waals surface area (Å²) in [5, 5.41) is 0.260. The normalized spacial score (nSPS) is 10.3. The van der Waals surface area contributed by atoms with Gasteiger partial charge in [-0.05, 0) is 18.6 Å². The zero-order valence-electron chi connectivity index (χ0n) is 10.5. The third kappa shape index (κ3) is 5.04. The van der Waals surface area contributed by atoms with Crippen molar-refractivity contribution in [2.45, 2.75) is 19.8 Å². The summed E-state index contributed by atoms with van der Waals surface area (Å²) in [7, 11) is 0. The zero-order chi connectivity index (χ0) is 14.4. The van der Waals surface area contributed by atoms with Crippen molar-refractivity contribution in [1.82, 2.24) is 9.88 Å². The molecule has 7 heteroatoms. The van der Waals surface area contributed by atoms with Gasteiger partial charge in [-0.3, -0.25) is 9.59 Å². The molecule has 0 radical (unpaired) electrons. The van der Waals surface area contributed by atoms with Gasteiger partial charge in [0.1, 0.15) is 10.3 Å². The fraction of sp³-hybridized carbons (Fsp3) is 0.417. The third-order valence-corrected chi connectivity index (χ3v) is 2.81. The first-order chi connectivity index (χ1) is 8.93. The Morgan fingerprint density at radius 2 is 1.89 bits per heavy atom. The van der Waals surface area contributed by atoms with E-state index in [9.17, 15) is 9.59 Å². The summed E-state index contributed by atoms with van der Waals surface area (Å²) in [6, 6.07) is 2.82. The first-order valence-corrected chi connectivity index (χ1v) is 6.60. The molecule has 104 valence electrons. The van der Waals surface area contributed by atoms with Gasteiger partial charge in [0.25, 0.3) is 5.91 Å². The van der Waals surface area contributed by atoms with Crippen molar-refractivity contribution < 1.29 is 9.59 Å². The molecule has 1 rings (SSSR count). The lowest BCUT2D eigenvalue weighted by atomic mass is 10.2. The first-order valence-electron chi connectivity index (χ1n) is 5.84. The fourth-order valence-electron chi connectivity index (χ4n) is 1.56. The molecule has 19 heavy (non-hydrogen) atoms. The molecule has 0 aliphatic heterocycles. The van der Waals surface area contributed by atoms with Gasteiger partial charge < -0.3 is 10.6 Å². The second-order valence-electron chi connectivity index (χ2n) is 4.05. The number of hydrogen-bond acceptors (Lipinski definition) is 3. The van der Waals surface area contributed by atoms with E-state index in [1.165, 1.54) is 17.0 Å². The molecular formula is C12H15Cl2N3O2. The number of halogens is 2. The highest BCUT2D eigenvalue weighted by Gasteiger charge is 2.18. The number of rotatable bonds is 6. The highest BCUT2D eigenvalue weighted by atomic mass is 35.5. The predicted octanol–water partition coefficient (Wildman–Crippen LogP) is 2.12. The summed E-state index contributed by atoms with van der Waals surface area (Å²) < 4.78 is 0. The maximum absolute atomic E-state index is 12.3. The molecular weight excluding hydrogens is 289 g/mol. The zero-order valence-corrected chi connectivity index (χ0v) is 12.0. The van der Waals surface area contributed by atoms with Gasteiger partial charge in [0, 0.05) is 12.1 Å². The van der Waals surface area contributed by atoms with Crippen LogP contribution in [0.3, 0.4) is 0 Å². The molecule has 0 aromatic carbocycles. The number of nitrogens with two attached hydrogens (primary N) is 1. The van der Waals surface area contributed by atoms with Crippen LogP contribution in [0.2, 0.25) is 10.3 Å². The molecule has 0 spiro atoms. The minimum atomic E-state index is -0.560. The van der Waals surface area contributed by atoms with E-state index in [0.29, 0.717) is 12.1 Å². The summed E-state index contributed by atoms with van der Waals surface area (Å²) in [6.45, 7) is 2.32. The van der Waals surface area contributed by atoms with Crippen molar-refractivity contribution in [3.05, 3.63) is 28.0 Å². The van der Waals surface area contributed by atoms with Gasteiger partial charge in [-0.1, -0.05) is 36.5 Å². The van der Waals surface area contributed by atoms with Gasteiger partial charge in [-0.25, -0.2) is 4.98 Å². The molecule has 0 fully saturated rings. The largest absolute Gasteiger partial charge is 0.368 e. The molecule has 0 unspecified atom stereocenters. The van der Waals surface area contributed by atoms with E-state index < -0.39 is 5.91 Å². The Labute approximate surface area is 121 Å². The van der Waals surface area contributed by atoms with E-state index in [4.69, 9.17) is 28.9 Å². The second-order valence-corrected chi connectivity index (χ2v) is 4.82. The number of unbranched alkanes of at least 4 members (excludes halogenated alkanes) is 1. The molecule has 1 aromatic heterocycles. The molecule has 5 nitrogen and oxygen atoms in total. The standard InChI is InChI=1S/C12H15Cl2N3O2/c1-2-3-4-17(7-11(15)18)12(19)8-5-9(13)16-10(14)6-8/h5-6H,2-4,7H2,1H3,(H2,15,18). The molecule has 1 heterocycles. The minimum absolute atomic E-state index is 0.129. The van der Waals surface area contributed by atoms with Crippen LogP contribution in [0, 0.1) is 0 Å². The molecule has 2 amide bonds. The van der Waals surface area contributed by atoms with Gasteiger partial charge in [-0.15, -0.1) is 0 Å². The molecule has 0 bridgehead atoms. The van der Waals surface area contributed by atoms with Crippen molar-refractivity contribution in [3.63, 3.8) is 0 Å². The predicted molar refractivity (Wildman–Crippen MR) is 74.3 cm³/mol. The van der Waals surface area contributed by atoms with Crippen molar-refractivity contribution in [3.8, 4) is 0 Å². The van der Waals surface area contributed by atoms with Crippen molar-refractivity contribution in [1.29, 1.82) is 0 Å². The number of pyridine rings is 1. The van der Waals surface area contributed by atoms with Crippen LogP contribution < -0.4 is 5.73 Å². The van der Waals surface area contributed by atoms with Crippen LogP contribution in [0.1, 0.15) is 30.1 Å². The van der Waals surface area contributed by atoms with Gasteiger partial charge in [0.2, 0.25) is 5.91 Å². The molecule has 0 aliphatic carbocycles. The number of carbonyl (C=O) groups excluding carboxylic acids is 2. The van der Waals surface area contributed by atoms with Gasteiger partial charge in [0.05, 0.1) is 6.54 Å². The summed E-state index contributed by atoms with van der Waals surface area (Å²) >= 11 is 11.5. The smallest absolute Gasteiger partial charge is 0.254 e. The average Bonchev–Trinajstić information content (AvgIpc) is 2.32. The number of carbonyl (C=O) groups is 2. The monoisotopic (exact) mass is 303 g/mol. The van der Waals surface area contributed by atoms with E-state index in [2.05, 4.69) is 4.98 Å². The summed E-state index contributed by atoms with van der Waals surface area (Å²) in [6.07, 6.45) is 1.69. The van der Waals surface area contributed by atoms with Gasteiger partial charge in [-0.2, -0.15) is 0 Å². The van der Waals surface area contributed by atoms with E-state index >= 15 is 0 Å². The van der Waals surface area contributed by atoms with Crippen LogP contribution in [0.5, 0.6) is 0 Å². The summed E-state index contributed by atoms with van der Waals surface area (Å²) in [4.78, 5) is 28.4. The number of aromatic nitrogens is 1. The Hall–Kier alpha value is -1.33. The minimum Gasteiger partial charge on any atom is -0.368 e. The number of nitrogens with zero attached hydrogens (tertiary/aromatic N) is 2. The Morgan fingerprint density at radius 1 is 1.32 bits per heavy atom. The Balaban J connectivity index is 2.93. The molecule has 0 aliphatic rings. The second kappa shape index (κ2) is 7.31. The van der Waals surface area contributed by atoms with Crippen molar-refractivity contribution >= 4 is 35.0 Å². The van der Waals surface area contributed by atoms with Crippen LogP contribution in [0.15, 0.2) is 12.1 Å². The van der Waals surface area contributed by atoms with Gasteiger partial charge >= 0.3 is 0 Å². The number of hydrogen-bond donors (Lipinski definition) is 1. The number of primary amides is 1. The maximum Gasteiger partial charge on any atom is 0.254 e. The van der Waals surface area contributed by atoms with Crippen LogP contribution in [0.25, 0.3) is 0 Å². The molecule has 0 atom stereocenters. The lowest BCUT2D eigenvalue weighted by Gasteiger charge is -2.21. The van der Waals surface area contributed by atoms with Crippen LogP contribution in [-0.2, 0) is 4.79 Å². The molecule has 2 N–H and O–H groups in total. The van der Waals surface area contributed by atoms with E-state index in [-0.39, 0.29) is 22.8 Å². The summed E-state index contributed by atoms with van der Waals surface area (Å²) in [5.41, 5.74) is 5.44. The third-order valence-electron chi connectivity index (χ3n) is 2.43. The Kier molecular flexibility index (Phi) is 6.05. The van der Waals surface area contributed by atoms with Crippen molar-refractivity contribution in [2.75, 3.05) is 13.1 Å². The highest BCUT2D eigenvalue weighted by Crippen LogP contribution is 2.16. The first kappa shape index (κ1) is 15.7. The quantitative estimate of drug-likeness (QED) is 0.818.